The largest absolute Gasteiger partial charge is 0.381 e. The van der Waals surface area contributed by atoms with Gasteiger partial charge in [-0.15, -0.1) is 0 Å². The third-order valence-corrected chi connectivity index (χ3v) is 4.10. The van der Waals surface area contributed by atoms with Crippen LogP contribution in [0.2, 0.25) is 0 Å². The van der Waals surface area contributed by atoms with Gasteiger partial charge in [-0.05, 0) is 53.1 Å². The first-order valence-corrected chi connectivity index (χ1v) is 7.49. The van der Waals surface area contributed by atoms with E-state index in [0.29, 0.717) is 38.6 Å². The highest BCUT2D eigenvalue weighted by atomic mass is 16.5. The van der Waals surface area contributed by atoms with Crippen molar-refractivity contribution < 1.29 is 9.53 Å². The van der Waals surface area contributed by atoms with E-state index in [-0.39, 0.29) is 5.91 Å². The lowest BCUT2D eigenvalue weighted by atomic mass is 9.81. The molecule has 0 radical (unpaired) electrons. The number of amides is 1. The van der Waals surface area contributed by atoms with E-state index in [4.69, 9.17) is 4.74 Å². The summed E-state index contributed by atoms with van der Waals surface area (Å²) in [5.74, 6) is -0.125. The lowest BCUT2D eigenvalue weighted by Crippen LogP contribution is -2.44. The summed E-state index contributed by atoms with van der Waals surface area (Å²) in [7, 11) is 2.11. The summed E-state index contributed by atoms with van der Waals surface area (Å²) in [6, 6.07) is 2.74. The highest BCUT2D eigenvalue weighted by Gasteiger charge is 2.40. The molecule has 1 saturated heterocycles. The van der Waals surface area contributed by atoms with Crippen LogP contribution in [-0.4, -0.2) is 50.2 Å². The van der Waals surface area contributed by atoms with Crippen molar-refractivity contribution in [1.82, 2.24) is 10.2 Å². The molecule has 0 spiro atoms. The standard InChI is InChI=1S/C15H27N3O2/c1-13(2)18(3)9-5-4-8-17-14(19)15(12-16)6-10-20-11-7-15/h13H,4-11H2,1-3H3,(H,17,19). The maximum Gasteiger partial charge on any atom is 0.240 e. The zero-order chi connectivity index (χ0) is 15.0. The molecule has 5 nitrogen and oxygen atoms in total. The Hall–Kier alpha value is -1.12. The Bertz CT molecular complexity index is 344. The fourth-order valence-electron chi connectivity index (χ4n) is 2.23. The lowest BCUT2D eigenvalue weighted by Gasteiger charge is -2.29. The van der Waals surface area contributed by atoms with Crippen molar-refractivity contribution in [3.63, 3.8) is 0 Å². The zero-order valence-corrected chi connectivity index (χ0v) is 12.9. The molecule has 0 aliphatic carbocycles. The monoisotopic (exact) mass is 281 g/mol. The minimum Gasteiger partial charge on any atom is -0.381 e. The molecule has 0 aromatic rings. The average molecular weight is 281 g/mol. The second-order valence-electron chi connectivity index (χ2n) is 5.84. The van der Waals surface area contributed by atoms with E-state index in [1.165, 1.54) is 0 Å². The van der Waals surface area contributed by atoms with E-state index in [1.807, 2.05) is 0 Å². The van der Waals surface area contributed by atoms with Crippen LogP contribution >= 0.6 is 0 Å². The van der Waals surface area contributed by atoms with Crippen LogP contribution in [0, 0.1) is 16.7 Å². The smallest absolute Gasteiger partial charge is 0.240 e. The first-order chi connectivity index (χ1) is 9.52. The van der Waals surface area contributed by atoms with Gasteiger partial charge in [0.1, 0.15) is 5.41 Å². The molecule has 1 amide bonds. The number of nitrogens with zero attached hydrogens (tertiary/aromatic N) is 2. The first kappa shape index (κ1) is 16.9. The maximum absolute atomic E-state index is 12.2. The van der Waals surface area contributed by atoms with Gasteiger partial charge in [-0.3, -0.25) is 4.79 Å². The summed E-state index contributed by atoms with van der Waals surface area (Å²) in [5.41, 5.74) is -0.868. The van der Waals surface area contributed by atoms with Gasteiger partial charge in [-0.25, -0.2) is 0 Å². The quantitative estimate of drug-likeness (QED) is 0.719. The number of unbranched alkanes of at least 4 members (excludes halogenated alkanes) is 1. The first-order valence-electron chi connectivity index (χ1n) is 7.49. The van der Waals surface area contributed by atoms with Gasteiger partial charge in [0.05, 0.1) is 6.07 Å². The second kappa shape index (κ2) is 8.23. The summed E-state index contributed by atoms with van der Waals surface area (Å²) < 4.78 is 5.23. The minimum atomic E-state index is -0.868. The van der Waals surface area contributed by atoms with Crippen molar-refractivity contribution in [3.05, 3.63) is 0 Å². The van der Waals surface area contributed by atoms with Crippen molar-refractivity contribution in [2.75, 3.05) is 33.4 Å². The average Bonchev–Trinajstić information content (AvgIpc) is 2.46. The van der Waals surface area contributed by atoms with E-state index >= 15 is 0 Å². The third kappa shape index (κ3) is 4.77. The van der Waals surface area contributed by atoms with E-state index in [0.717, 1.165) is 19.4 Å². The van der Waals surface area contributed by atoms with E-state index in [1.54, 1.807) is 0 Å². The Morgan fingerprint density at radius 3 is 2.60 bits per heavy atom. The predicted octanol–water partition coefficient (Wildman–Crippen LogP) is 1.54. The molecule has 0 bridgehead atoms. The van der Waals surface area contributed by atoms with Crippen LogP contribution in [0.1, 0.15) is 39.5 Å². The Labute approximate surface area is 122 Å². The van der Waals surface area contributed by atoms with Crippen LogP contribution in [0.4, 0.5) is 0 Å². The molecule has 0 saturated carbocycles. The number of nitrogens with one attached hydrogen (secondary N) is 1. The van der Waals surface area contributed by atoms with Gasteiger partial charge in [-0.2, -0.15) is 5.26 Å². The molecule has 20 heavy (non-hydrogen) atoms. The normalized spacial score (nSPS) is 18.0. The van der Waals surface area contributed by atoms with Gasteiger partial charge >= 0.3 is 0 Å². The minimum absolute atomic E-state index is 0.125. The van der Waals surface area contributed by atoms with Crippen LogP contribution in [0.3, 0.4) is 0 Å². The van der Waals surface area contributed by atoms with Gasteiger partial charge in [0.2, 0.25) is 5.91 Å². The van der Waals surface area contributed by atoms with Crippen molar-refractivity contribution >= 4 is 5.91 Å². The molecule has 0 unspecified atom stereocenters. The third-order valence-electron chi connectivity index (χ3n) is 4.10. The van der Waals surface area contributed by atoms with Crippen LogP contribution in [0.25, 0.3) is 0 Å². The summed E-state index contributed by atoms with van der Waals surface area (Å²) in [5, 5.41) is 12.2. The molecule has 1 rings (SSSR count). The lowest BCUT2D eigenvalue weighted by molar-refractivity contribution is -0.132. The molecule has 1 aliphatic rings. The Morgan fingerprint density at radius 2 is 2.05 bits per heavy atom. The molecule has 1 heterocycles. The number of carbonyl (C=O) groups excluding carboxylic acids is 1. The van der Waals surface area contributed by atoms with Crippen LogP contribution in [0.15, 0.2) is 0 Å². The number of rotatable bonds is 7. The van der Waals surface area contributed by atoms with Crippen molar-refractivity contribution in [2.45, 2.75) is 45.6 Å². The van der Waals surface area contributed by atoms with Gasteiger partial charge in [0.25, 0.3) is 0 Å². The highest BCUT2D eigenvalue weighted by Crippen LogP contribution is 2.29. The molecule has 1 N–H and O–H groups in total. The van der Waals surface area contributed by atoms with Gasteiger partial charge in [-0.1, -0.05) is 0 Å². The zero-order valence-electron chi connectivity index (χ0n) is 12.9. The maximum atomic E-state index is 12.2. The van der Waals surface area contributed by atoms with Gasteiger partial charge in [0, 0.05) is 25.8 Å². The van der Waals surface area contributed by atoms with Crippen molar-refractivity contribution in [3.8, 4) is 6.07 Å². The molecular formula is C15H27N3O2. The van der Waals surface area contributed by atoms with Crippen LogP contribution < -0.4 is 5.32 Å². The Morgan fingerprint density at radius 1 is 1.40 bits per heavy atom. The molecule has 0 atom stereocenters. The molecular weight excluding hydrogens is 254 g/mol. The topological polar surface area (TPSA) is 65.4 Å². The summed E-state index contributed by atoms with van der Waals surface area (Å²) in [4.78, 5) is 14.4. The summed E-state index contributed by atoms with van der Waals surface area (Å²) >= 11 is 0. The molecule has 0 aromatic carbocycles. The molecule has 1 aliphatic heterocycles. The molecule has 1 fully saturated rings. The van der Waals surface area contributed by atoms with Gasteiger partial charge < -0.3 is 15.0 Å². The summed E-state index contributed by atoms with van der Waals surface area (Å²) in [6.07, 6.45) is 3.01. The SMILES string of the molecule is CC(C)N(C)CCCCNC(=O)C1(C#N)CCOCC1. The molecule has 5 heteroatoms. The summed E-state index contributed by atoms with van der Waals surface area (Å²) in [6.45, 7) is 7.02. The second-order valence-corrected chi connectivity index (χ2v) is 5.84. The van der Waals surface area contributed by atoms with E-state index in [2.05, 4.69) is 37.2 Å². The molecule has 0 aromatic heterocycles. The fourth-order valence-corrected chi connectivity index (χ4v) is 2.23. The van der Waals surface area contributed by atoms with E-state index in [9.17, 15) is 10.1 Å². The number of nitriles is 1. The predicted molar refractivity (Wildman–Crippen MR) is 78.1 cm³/mol. The number of hydrogen-bond acceptors (Lipinski definition) is 4. The fraction of sp³-hybridized carbons (Fsp3) is 0.867. The Kier molecular flexibility index (Phi) is 6.97. The van der Waals surface area contributed by atoms with Crippen LogP contribution in [-0.2, 0) is 9.53 Å². The van der Waals surface area contributed by atoms with Crippen LogP contribution in [0.5, 0.6) is 0 Å². The number of ether oxygens (including phenoxy) is 1. The van der Waals surface area contributed by atoms with E-state index < -0.39 is 5.41 Å². The highest BCUT2D eigenvalue weighted by molar-refractivity contribution is 5.85. The molecule has 114 valence electrons. The van der Waals surface area contributed by atoms with Crippen molar-refractivity contribution in [2.24, 2.45) is 5.41 Å². The van der Waals surface area contributed by atoms with Crippen molar-refractivity contribution in [1.29, 1.82) is 5.26 Å². The Balaban J connectivity index is 2.24. The van der Waals surface area contributed by atoms with Gasteiger partial charge in [0.15, 0.2) is 0 Å². The number of carbonyl (C=O) groups is 1. The number of hydrogen-bond donors (Lipinski definition) is 1.